The van der Waals surface area contributed by atoms with Gasteiger partial charge in [0.25, 0.3) is 0 Å². The summed E-state index contributed by atoms with van der Waals surface area (Å²) in [5.41, 5.74) is 0. The Kier molecular flexibility index (Phi) is 1.93. The second kappa shape index (κ2) is 3.07. The summed E-state index contributed by atoms with van der Waals surface area (Å²) in [7, 11) is 0. The quantitative estimate of drug-likeness (QED) is 0.556. The molecule has 0 amide bonds. The van der Waals surface area contributed by atoms with E-state index in [9.17, 15) is 0 Å². The van der Waals surface area contributed by atoms with E-state index in [1.807, 2.05) is 12.3 Å². The normalized spacial score (nSPS) is 24.9. The van der Waals surface area contributed by atoms with E-state index in [2.05, 4.69) is 16.1 Å². The lowest BCUT2D eigenvalue weighted by atomic mass is 10.2. The summed E-state index contributed by atoms with van der Waals surface area (Å²) in [6, 6.07) is 0.781. The van der Waals surface area contributed by atoms with Gasteiger partial charge in [-0.3, -0.25) is 4.99 Å². The first-order valence-electron chi connectivity index (χ1n) is 4.39. The fourth-order valence-corrected chi connectivity index (χ4v) is 1.87. The Bertz CT molecular complexity index is 178. The van der Waals surface area contributed by atoms with E-state index in [1.165, 1.54) is 25.7 Å². The molecule has 0 aromatic heterocycles. The smallest absolute Gasteiger partial charge is 0.110 e. The molecule has 0 aromatic rings. The van der Waals surface area contributed by atoms with Gasteiger partial charge in [0.2, 0.25) is 0 Å². The molecule has 0 unspecified atom stereocenters. The van der Waals surface area contributed by atoms with Crippen molar-refractivity contribution in [2.45, 2.75) is 31.7 Å². The first-order valence-corrected chi connectivity index (χ1v) is 4.39. The molecule has 0 saturated heterocycles. The molecule has 60 valence electrons. The Hall–Kier alpha value is -0.790. The maximum atomic E-state index is 4.22. The molecule has 0 bridgehead atoms. The Morgan fingerprint density at radius 3 is 2.73 bits per heavy atom. The standard InChI is InChI=1S/C9H14N2/c1-2-5-9(4-1)11-7-3-6-10-8-11/h3,6-7,9H,1-2,4-5,8H2. The van der Waals surface area contributed by atoms with E-state index in [1.54, 1.807) is 0 Å². The lowest BCUT2D eigenvalue weighted by Gasteiger charge is -2.26. The molecule has 0 atom stereocenters. The molecule has 2 heteroatoms. The molecule has 0 aromatic carbocycles. The third kappa shape index (κ3) is 1.44. The molecule has 1 heterocycles. The minimum Gasteiger partial charge on any atom is -0.355 e. The van der Waals surface area contributed by atoms with E-state index >= 15 is 0 Å². The summed E-state index contributed by atoms with van der Waals surface area (Å²) in [6.07, 6.45) is 11.6. The monoisotopic (exact) mass is 150 g/mol. The van der Waals surface area contributed by atoms with Gasteiger partial charge in [0, 0.05) is 18.5 Å². The predicted molar refractivity (Wildman–Crippen MR) is 46.6 cm³/mol. The number of allylic oxidation sites excluding steroid dienone is 1. The number of rotatable bonds is 1. The van der Waals surface area contributed by atoms with E-state index in [0.717, 1.165) is 12.7 Å². The van der Waals surface area contributed by atoms with E-state index < -0.39 is 0 Å². The van der Waals surface area contributed by atoms with Crippen LogP contribution in [-0.2, 0) is 0 Å². The second-order valence-electron chi connectivity index (χ2n) is 3.27. The van der Waals surface area contributed by atoms with Gasteiger partial charge in [-0.25, -0.2) is 0 Å². The first kappa shape index (κ1) is 6.89. The molecular formula is C9H14N2. The van der Waals surface area contributed by atoms with Gasteiger partial charge in [0.05, 0.1) is 0 Å². The Labute approximate surface area is 67.6 Å². The van der Waals surface area contributed by atoms with Gasteiger partial charge in [-0.1, -0.05) is 12.8 Å². The van der Waals surface area contributed by atoms with Crippen LogP contribution in [0.3, 0.4) is 0 Å². The number of hydrogen-bond donors (Lipinski definition) is 0. The topological polar surface area (TPSA) is 15.6 Å². The molecule has 0 spiro atoms. The molecule has 2 aliphatic rings. The highest BCUT2D eigenvalue weighted by atomic mass is 15.2. The van der Waals surface area contributed by atoms with Gasteiger partial charge < -0.3 is 4.90 Å². The van der Waals surface area contributed by atoms with E-state index in [0.29, 0.717) is 0 Å². The molecule has 1 saturated carbocycles. The highest BCUT2D eigenvalue weighted by molar-refractivity contribution is 5.71. The zero-order valence-corrected chi connectivity index (χ0v) is 6.74. The Morgan fingerprint density at radius 2 is 2.09 bits per heavy atom. The minimum absolute atomic E-state index is 0.781. The van der Waals surface area contributed by atoms with Crippen LogP contribution in [0.15, 0.2) is 17.3 Å². The van der Waals surface area contributed by atoms with Crippen molar-refractivity contribution in [1.29, 1.82) is 0 Å². The van der Waals surface area contributed by atoms with Crippen LogP contribution >= 0.6 is 0 Å². The largest absolute Gasteiger partial charge is 0.355 e. The summed E-state index contributed by atoms with van der Waals surface area (Å²) in [5, 5.41) is 0. The van der Waals surface area contributed by atoms with Crippen molar-refractivity contribution in [3.8, 4) is 0 Å². The van der Waals surface area contributed by atoms with Crippen LogP contribution in [0, 0.1) is 0 Å². The van der Waals surface area contributed by atoms with Crippen molar-refractivity contribution in [2.24, 2.45) is 4.99 Å². The van der Waals surface area contributed by atoms with E-state index in [-0.39, 0.29) is 0 Å². The van der Waals surface area contributed by atoms with Crippen LogP contribution in [0.1, 0.15) is 25.7 Å². The lowest BCUT2D eigenvalue weighted by Crippen LogP contribution is -2.29. The average molecular weight is 150 g/mol. The van der Waals surface area contributed by atoms with Gasteiger partial charge in [-0.2, -0.15) is 0 Å². The van der Waals surface area contributed by atoms with Crippen LogP contribution in [0.2, 0.25) is 0 Å². The molecule has 1 aliphatic heterocycles. The van der Waals surface area contributed by atoms with Crippen LogP contribution in [0.25, 0.3) is 0 Å². The molecule has 2 rings (SSSR count). The van der Waals surface area contributed by atoms with Crippen LogP contribution < -0.4 is 0 Å². The maximum Gasteiger partial charge on any atom is 0.110 e. The third-order valence-electron chi connectivity index (χ3n) is 2.51. The van der Waals surface area contributed by atoms with Crippen molar-refractivity contribution < 1.29 is 0 Å². The Balaban J connectivity index is 1.94. The highest BCUT2D eigenvalue weighted by Gasteiger charge is 2.19. The molecule has 1 fully saturated rings. The fourth-order valence-electron chi connectivity index (χ4n) is 1.87. The summed E-state index contributed by atoms with van der Waals surface area (Å²) in [5.74, 6) is 0. The van der Waals surface area contributed by atoms with Crippen molar-refractivity contribution >= 4 is 6.21 Å². The third-order valence-corrected chi connectivity index (χ3v) is 2.51. The van der Waals surface area contributed by atoms with Crippen molar-refractivity contribution in [3.63, 3.8) is 0 Å². The zero-order chi connectivity index (χ0) is 7.52. The molecule has 2 nitrogen and oxygen atoms in total. The number of nitrogens with zero attached hydrogens (tertiary/aromatic N) is 2. The molecular weight excluding hydrogens is 136 g/mol. The van der Waals surface area contributed by atoms with E-state index in [4.69, 9.17) is 0 Å². The van der Waals surface area contributed by atoms with Crippen molar-refractivity contribution in [2.75, 3.05) is 6.67 Å². The van der Waals surface area contributed by atoms with Crippen LogP contribution in [0.5, 0.6) is 0 Å². The second-order valence-corrected chi connectivity index (χ2v) is 3.27. The maximum absolute atomic E-state index is 4.22. The van der Waals surface area contributed by atoms with Gasteiger partial charge in [0.1, 0.15) is 6.67 Å². The van der Waals surface area contributed by atoms with Gasteiger partial charge in [-0.05, 0) is 18.9 Å². The van der Waals surface area contributed by atoms with Gasteiger partial charge in [0.15, 0.2) is 0 Å². The minimum atomic E-state index is 0.781. The predicted octanol–water partition coefficient (Wildman–Crippen LogP) is 1.79. The Morgan fingerprint density at radius 1 is 1.27 bits per heavy atom. The summed E-state index contributed by atoms with van der Waals surface area (Å²) in [6.45, 7) is 0.876. The fraction of sp³-hybridized carbons (Fsp3) is 0.667. The first-order chi connectivity index (χ1) is 5.47. The molecule has 0 N–H and O–H groups in total. The molecule has 1 aliphatic carbocycles. The number of hydrogen-bond acceptors (Lipinski definition) is 2. The van der Waals surface area contributed by atoms with Crippen LogP contribution in [0.4, 0.5) is 0 Å². The van der Waals surface area contributed by atoms with Crippen molar-refractivity contribution in [3.05, 3.63) is 12.3 Å². The van der Waals surface area contributed by atoms with Gasteiger partial charge >= 0.3 is 0 Å². The average Bonchev–Trinajstić information content (AvgIpc) is 2.58. The van der Waals surface area contributed by atoms with Crippen LogP contribution in [-0.4, -0.2) is 23.8 Å². The summed E-state index contributed by atoms with van der Waals surface area (Å²) < 4.78 is 0. The van der Waals surface area contributed by atoms with Crippen molar-refractivity contribution in [1.82, 2.24) is 4.90 Å². The summed E-state index contributed by atoms with van der Waals surface area (Å²) >= 11 is 0. The van der Waals surface area contributed by atoms with Gasteiger partial charge in [-0.15, -0.1) is 0 Å². The molecule has 11 heavy (non-hydrogen) atoms. The SMILES string of the molecule is C1=CN(C2CCCC2)CN=C1. The lowest BCUT2D eigenvalue weighted by molar-refractivity contribution is 0.286. The number of aliphatic imine (C=N–C) groups is 1. The zero-order valence-electron chi connectivity index (χ0n) is 6.74. The highest BCUT2D eigenvalue weighted by Crippen LogP contribution is 2.23. The molecule has 0 radical (unpaired) electrons. The summed E-state index contributed by atoms with van der Waals surface area (Å²) in [4.78, 5) is 6.57.